The van der Waals surface area contributed by atoms with Crippen LogP contribution in [0, 0.1) is 0 Å². The highest BCUT2D eigenvalue weighted by Gasteiger charge is 2.35. The molecule has 0 saturated carbocycles. The first-order valence-corrected chi connectivity index (χ1v) is 23.2. The van der Waals surface area contributed by atoms with Gasteiger partial charge in [-0.05, 0) is 127 Å². The molecule has 1 aliphatic rings. The molecule has 0 N–H and O–H groups in total. The first kappa shape index (κ1) is 38.8. The molecule has 0 bridgehead atoms. The quantitative estimate of drug-likeness (QED) is 0.147. The zero-order valence-corrected chi connectivity index (χ0v) is 36.7. The highest BCUT2D eigenvalue weighted by Crippen LogP contribution is 2.50. The summed E-state index contributed by atoms with van der Waals surface area (Å²) in [6.45, 7) is 0. The largest absolute Gasteiger partial charge is 0.309 e. The molecule has 1 unspecified atom stereocenters. The Morgan fingerprint density at radius 2 is 0.909 bits per heavy atom. The SMILES string of the molecule is [B]c1c([B])c2c(c([B])c1-c1ccc3c(c1)c1cc(-c4cccc(-c5ccccc5)c4)ccc1n3-c1cccc(-c3ccccc3)c1)-c1ccccc1C2c1cccc2sc3ccccc3c12. The number of hydrogen-bond donors (Lipinski definition) is 0. The van der Waals surface area contributed by atoms with Crippen molar-refractivity contribution >= 4 is 93.2 Å². The number of hydrogen-bond acceptors (Lipinski definition) is 1. The Hall–Kier alpha value is -7.59. The smallest absolute Gasteiger partial charge is 0.115 e. The average molecular weight is 847 g/mol. The van der Waals surface area contributed by atoms with Crippen LogP contribution < -0.4 is 16.4 Å². The maximum Gasteiger partial charge on any atom is 0.115 e. The molecule has 300 valence electrons. The van der Waals surface area contributed by atoms with Gasteiger partial charge in [0.1, 0.15) is 23.5 Å². The number of benzene rings is 10. The minimum atomic E-state index is -0.137. The molecule has 1 aliphatic carbocycles. The van der Waals surface area contributed by atoms with Gasteiger partial charge in [-0.1, -0.05) is 174 Å². The van der Waals surface area contributed by atoms with Gasteiger partial charge in [-0.2, -0.15) is 0 Å². The lowest BCUT2D eigenvalue weighted by atomic mass is 9.65. The lowest BCUT2D eigenvalue weighted by Gasteiger charge is -2.24. The molecule has 0 spiro atoms. The van der Waals surface area contributed by atoms with Crippen LogP contribution in [0.5, 0.6) is 0 Å². The first-order valence-electron chi connectivity index (χ1n) is 22.4. The molecule has 1 nitrogen and oxygen atoms in total. The minimum Gasteiger partial charge on any atom is -0.309 e. The van der Waals surface area contributed by atoms with Crippen LogP contribution in [0.15, 0.2) is 212 Å². The number of nitrogens with zero attached hydrogens (tertiary/aromatic N) is 1. The zero-order chi connectivity index (χ0) is 44.0. The minimum absolute atomic E-state index is 0.137. The van der Waals surface area contributed by atoms with Crippen molar-refractivity contribution in [1.29, 1.82) is 0 Å². The second-order valence-corrected chi connectivity index (χ2v) is 18.5. The monoisotopic (exact) mass is 847 g/mol. The van der Waals surface area contributed by atoms with Crippen LogP contribution in [-0.4, -0.2) is 28.1 Å². The number of aromatic nitrogens is 1. The molecule has 66 heavy (non-hydrogen) atoms. The van der Waals surface area contributed by atoms with Gasteiger partial charge in [0.2, 0.25) is 0 Å². The fourth-order valence-electron chi connectivity index (χ4n) is 10.8. The Balaban J connectivity index is 1.03. The Kier molecular flexibility index (Phi) is 8.98. The van der Waals surface area contributed by atoms with Crippen LogP contribution in [0.3, 0.4) is 0 Å². The van der Waals surface area contributed by atoms with Crippen molar-refractivity contribution in [3.8, 4) is 61.3 Å². The second-order valence-electron chi connectivity index (χ2n) is 17.4. The Morgan fingerprint density at radius 1 is 0.364 bits per heavy atom. The molecule has 13 rings (SSSR count). The zero-order valence-electron chi connectivity index (χ0n) is 35.9. The van der Waals surface area contributed by atoms with E-state index in [0.29, 0.717) is 16.4 Å². The van der Waals surface area contributed by atoms with Gasteiger partial charge in [0.25, 0.3) is 0 Å². The molecule has 0 saturated heterocycles. The highest BCUT2D eigenvalue weighted by molar-refractivity contribution is 7.25. The van der Waals surface area contributed by atoms with E-state index in [-0.39, 0.29) is 5.92 Å². The average Bonchev–Trinajstić information content (AvgIpc) is 4.04. The fourth-order valence-corrected chi connectivity index (χ4v) is 12.0. The molecule has 10 aromatic carbocycles. The molecule has 5 heteroatoms. The summed E-state index contributed by atoms with van der Waals surface area (Å²) in [6, 6.07) is 76.2. The summed E-state index contributed by atoms with van der Waals surface area (Å²) >= 11 is 1.83. The van der Waals surface area contributed by atoms with Gasteiger partial charge in [-0.25, -0.2) is 0 Å². The summed E-state index contributed by atoms with van der Waals surface area (Å²) in [4.78, 5) is 0. The van der Waals surface area contributed by atoms with Crippen molar-refractivity contribution < 1.29 is 0 Å². The number of thiophene rings is 1. The predicted octanol–water partition coefficient (Wildman–Crippen LogP) is 13.4. The van der Waals surface area contributed by atoms with Gasteiger partial charge >= 0.3 is 0 Å². The van der Waals surface area contributed by atoms with Crippen LogP contribution in [0.1, 0.15) is 22.6 Å². The lowest BCUT2D eigenvalue weighted by Crippen LogP contribution is -2.37. The lowest BCUT2D eigenvalue weighted by molar-refractivity contribution is 1.04. The van der Waals surface area contributed by atoms with E-state index in [1.54, 1.807) is 0 Å². The molecule has 1 atom stereocenters. The Labute approximate surface area is 391 Å². The van der Waals surface area contributed by atoms with Crippen LogP contribution in [0.4, 0.5) is 0 Å². The summed E-state index contributed by atoms with van der Waals surface area (Å²) in [6.07, 6.45) is 0. The van der Waals surface area contributed by atoms with Crippen molar-refractivity contribution in [3.05, 3.63) is 229 Å². The van der Waals surface area contributed by atoms with Gasteiger partial charge in [0.05, 0.1) is 11.0 Å². The molecule has 0 fully saturated rings. The maximum absolute atomic E-state index is 7.52. The topological polar surface area (TPSA) is 4.93 Å². The third-order valence-electron chi connectivity index (χ3n) is 13.8. The molecular formula is C61H36B3NS. The second kappa shape index (κ2) is 15.3. The summed E-state index contributed by atoms with van der Waals surface area (Å²) in [5, 5.41) is 4.74. The number of fused-ring (bicyclic) bond motifs is 9. The molecule has 12 aromatic rings. The van der Waals surface area contributed by atoms with Crippen molar-refractivity contribution in [3.63, 3.8) is 0 Å². The van der Waals surface area contributed by atoms with Gasteiger partial charge < -0.3 is 4.57 Å². The summed E-state index contributed by atoms with van der Waals surface area (Å²) < 4.78 is 4.90. The van der Waals surface area contributed by atoms with Gasteiger partial charge in [-0.15, -0.1) is 11.3 Å². The van der Waals surface area contributed by atoms with Crippen LogP contribution in [0.2, 0.25) is 0 Å². The molecule has 2 aromatic heterocycles. The molecule has 0 amide bonds. The van der Waals surface area contributed by atoms with Crippen molar-refractivity contribution in [2.24, 2.45) is 0 Å². The summed E-state index contributed by atoms with van der Waals surface area (Å²) in [7, 11) is 22.2. The van der Waals surface area contributed by atoms with E-state index >= 15 is 0 Å². The van der Waals surface area contributed by atoms with Crippen molar-refractivity contribution in [2.45, 2.75) is 5.92 Å². The fraction of sp³-hybridized carbons (Fsp3) is 0.0164. The molecule has 6 radical (unpaired) electrons. The van der Waals surface area contributed by atoms with Crippen LogP contribution >= 0.6 is 11.3 Å². The van der Waals surface area contributed by atoms with E-state index in [0.717, 1.165) is 72.0 Å². The van der Waals surface area contributed by atoms with Gasteiger partial charge in [-0.3, -0.25) is 0 Å². The van der Waals surface area contributed by atoms with Crippen LogP contribution in [-0.2, 0) is 0 Å². The maximum atomic E-state index is 7.52. The summed E-state index contributed by atoms with van der Waals surface area (Å²) in [5.74, 6) is -0.137. The normalized spacial score (nSPS) is 13.2. The van der Waals surface area contributed by atoms with Gasteiger partial charge in [0, 0.05) is 42.6 Å². The Bertz CT molecular complexity index is 3920. The van der Waals surface area contributed by atoms with E-state index in [1.807, 2.05) is 11.3 Å². The Morgan fingerprint density at radius 3 is 1.67 bits per heavy atom. The highest BCUT2D eigenvalue weighted by atomic mass is 32.1. The molecule has 2 heterocycles. The van der Waals surface area contributed by atoms with E-state index < -0.39 is 0 Å². The third kappa shape index (κ3) is 5.97. The van der Waals surface area contributed by atoms with Gasteiger partial charge in [0.15, 0.2) is 0 Å². The van der Waals surface area contributed by atoms with Crippen LogP contribution in [0.25, 0.3) is 103 Å². The van der Waals surface area contributed by atoms with E-state index in [9.17, 15) is 0 Å². The van der Waals surface area contributed by atoms with E-state index in [4.69, 9.17) is 23.5 Å². The summed E-state index contributed by atoms with van der Waals surface area (Å²) in [5.41, 5.74) is 19.1. The van der Waals surface area contributed by atoms with Crippen molar-refractivity contribution in [2.75, 3.05) is 0 Å². The molecule has 0 aliphatic heterocycles. The van der Waals surface area contributed by atoms with Crippen molar-refractivity contribution in [1.82, 2.24) is 4.57 Å². The third-order valence-corrected chi connectivity index (χ3v) is 14.9. The standard InChI is InChI=1S/C61H36B3NS/c62-59-54(60(63)61(64)58-56(44-22-7-8-23-45(44)57(58)59)47-25-13-27-53-55(47)46-24-9-10-26-52(46)66-53)42-29-31-51-49(35-42)48-34-41(39-19-11-18-38(32-39)36-14-3-1-4-15-36)28-30-50(48)65(51)43-21-12-20-40(33-43)37-16-5-2-6-17-37/h1-35,56H. The first-order chi connectivity index (χ1) is 32.5. The molecular weight excluding hydrogens is 811 g/mol. The van der Waals surface area contributed by atoms with E-state index in [2.05, 4.69) is 217 Å². The van der Waals surface area contributed by atoms with E-state index in [1.165, 1.54) is 48.0 Å². The predicted molar refractivity (Wildman–Crippen MR) is 284 cm³/mol. The number of rotatable bonds is 6.